The Morgan fingerprint density at radius 3 is 0.793 bits per heavy atom. The first kappa shape index (κ1) is 109. The maximum absolute atomic E-state index is 13.4. The van der Waals surface area contributed by atoms with Crippen molar-refractivity contribution < 1.29 is 269 Å². The molecule has 47 heteroatoms. The third-order valence-electron chi connectivity index (χ3n) is 22.8. The van der Waals surface area contributed by atoms with Crippen LogP contribution in [0.4, 0.5) is 35.1 Å². The predicted molar refractivity (Wildman–Crippen MR) is 391 cm³/mol. The Hall–Kier alpha value is -2.50. The number of carboxylic acid groups (broad SMARTS) is 1. The van der Waals surface area contributed by atoms with Crippen LogP contribution >= 0.6 is 36.1 Å². The first-order chi connectivity index (χ1) is 54.9. The van der Waals surface area contributed by atoms with Gasteiger partial charge < -0.3 is 57.2 Å². The molecule has 0 spiro atoms. The molecule has 16 fully saturated rings. The van der Waals surface area contributed by atoms with Gasteiger partial charge in [-0.05, 0) is 201 Å². The molecule has 28 nitrogen and oxygen atoms in total. The zero-order chi connectivity index (χ0) is 85.9. The van der Waals surface area contributed by atoms with Gasteiger partial charge in [-0.3, -0.25) is 47.6 Å². The van der Waals surface area contributed by atoms with Crippen LogP contribution in [0, 0.1) is 71.0 Å². The van der Waals surface area contributed by atoms with Crippen molar-refractivity contribution in [3.05, 3.63) is 121 Å². The van der Waals surface area contributed by atoms with E-state index in [-0.39, 0.29) is 205 Å². The number of hydrogen-bond acceptors (Lipinski definition) is 28. The summed E-state index contributed by atoms with van der Waals surface area (Å²) in [6.45, 7) is 0. The van der Waals surface area contributed by atoms with E-state index in [1.165, 1.54) is 19.6 Å². The SMILES string of the molecule is C[S+](c1ccccc1)c1ccccc1.C[S+](c1ccccc1)c1ccccc1.O=C(O)C(F)(F)S(=O)[O-].O=C1C2CC3CC1CC(O)(C3)C2.O=C1C2CC3CC1CC(OC(=O)C(F)(F)SOO[O-])(C3)C2.O=C1C2CC3CC1CC(OC(=O)C(F)(F)SOO[O-])(C3)C2.O=C1C2CC3CC1CC(OC(=O)C(F)(F)SOO[O-])(C3)C2.O=S(=O)(O)O.[Cl-].[Na+].[Na+].[Na+]. The minimum Gasteiger partial charge on any atom is -1.00 e. The number of aliphatic hydroxyl groups is 1. The molecule has 4 N–H and O–H groups in total. The number of ketones is 4. The van der Waals surface area contributed by atoms with Gasteiger partial charge in [0.25, 0.3) is 0 Å². The van der Waals surface area contributed by atoms with Gasteiger partial charge in [0.15, 0.2) is 19.6 Å². The zero-order valence-corrected chi connectivity index (χ0v) is 77.9. The fourth-order valence-corrected chi connectivity index (χ4v) is 22.6. The largest absolute Gasteiger partial charge is 1.00 e. The summed E-state index contributed by atoms with van der Waals surface area (Å²) in [6, 6.07) is 42.6. The van der Waals surface area contributed by atoms with Crippen molar-refractivity contribution in [1.29, 1.82) is 0 Å². The molecule has 16 aliphatic carbocycles. The van der Waals surface area contributed by atoms with Gasteiger partial charge in [0, 0.05) is 58.4 Å². The molecule has 16 bridgehead atoms. The summed E-state index contributed by atoms with van der Waals surface area (Å²) in [7, 11) is -4.26. The van der Waals surface area contributed by atoms with Crippen LogP contribution in [-0.4, -0.2) is 139 Å². The Morgan fingerprint density at radius 2 is 0.620 bits per heavy atom. The van der Waals surface area contributed by atoms with Gasteiger partial charge in [0.05, 0.1) is 27.4 Å². The van der Waals surface area contributed by atoms with Crippen LogP contribution in [0.3, 0.4) is 0 Å². The number of rotatable bonds is 21. The standard InChI is InChI=1S/2C13H13S.3C12H14F2O6S.C10H14O2.C2H2F2O4S.ClH.3Na.H2O4S/c2*1-14(12-8-4-2-5-9-12)13-10-6-3-7-11-13;3*13-12(14,21-20-19-17)10(16)18-11-3-6-1-7(4-11)9(15)8(2-6)5-11;11-9-7-1-6-2-8(9)5-10(12,3-6)4-7;3-2(4,1(5)6)9(7)8;;;;;1-5(2,3)4/h2*2-11H,1H3;3*6-8,17H,1-5H2;6-8,12H,1-5H2;(H,5,6)(H,7,8);1H;;;;(H2,1,2,3,4)/q2*+1;;;;;;;3*+1;/p-5. The minimum absolute atomic E-state index is 0. The molecule has 9 unspecified atom stereocenters. The van der Waals surface area contributed by atoms with Gasteiger partial charge >= 0.3 is 144 Å². The van der Waals surface area contributed by atoms with Crippen LogP contribution < -0.4 is 117 Å². The number of ether oxygens (including phenoxy) is 3. The molecule has 0 saturated heterocycles. The third kappa shape index (κ3) is 29.8. The van der Waals surface area contributed by atoms with Gasteiger partial charge in [-0.2, -0.15) is 56.5 Å². The number of aliphatic carboxylic acids is 1. The quantitative estimate of drug-likeness (QED) is 0.00680. The molecule has 9 atom stereocenters. The van der Waals surface area contributed by atoms with Crippen molar-refractivity contribution in [2.24, 2.45) is 71.0 Å². The fourth-order valence-electron chi connectivity index (χ4n) is 19.0. The van der Waals surface area contributed by atoms with E-state index < -0.39 is 125 Å². The summed E-state index contributed by atoms with van der Waals surface area (Å²) in [5.41, 5.74) is -3.39. The average molecular weight is 1900 g/mol. The van der Waals surface area contributed by atoms with Crippen LogP contribution in [0.2, 0.25) is 0 Å². The van der Waals surface area contributed by atoms with E-state index in [2.05, 4.69) is 162 Å². The van der Waals surface area contributed by atoms with E-state index in [0.717, 1.165) is 70.6 Å². The van der Waals surface area contributed by atoms with Gasteiger partial charge in [0.2, 0.25) is 0 Å². The van der Waals surface area contributed by atoms with Gasteiger partial charge in [-0.15, -0.1) is 0 Å². The first-order valence-corrected chi connectivity index (χ1v) is 44.4. The van der Waals surface area contributed by atoms with Crippen molar-refractivity contribution in [3.8, 4) is 0 Å². The van der Waals surface area contributed by atoms with Crippen molar-refractivity contribution in [3.63, 3.8) is 0 Å². The Bertz CT molecular complexity index is 3820. The van der Waals surface area contributed by atoms with Crippen molar-refractivity contribution in [2.75, 3.05) is 12.5 Å². The molecule has 20 rings (SSSR count). The molecular formula is C74H82ClF8Na3O28S7. The summed E-state index contributed by atoms with van der Waals surface area (Å²) in [4.78, 5) is 97.3. The number of carbonyl (C=O) groups is 8. The monoisotopic (exact) mass is 1900 g/mol. The number of alkyl halides is 8. The molecule has 16 aliphatic rings. The van der Waals surface area contributed by atoms with Crippen molar-refractivity contribution in [1.82, 2.24) is 0 Å². The normalized spacial score (nSPS) is 29.3. The summed E-state index contributed by atoms with van der Waals surface area (Å²) in [5, 5.41) is 38.0. The third-order valence-corrected chi connectivity index (χ3v) is 28.8. The van der Waals surface area contributed by atoms with E-state index in [4.69, 9.17) is 36.8 Å². The topological polar surface area (TPSA) is 444 Å². The number of benzene rings is 4. The van der Waals surface area contributed by atoms with Crippen molar-refractivity contribution >= 4 is 126 Å². The number of carboxylic acids is 1. The fraction of sp³-hybridized carbons (Fsp3) is 0.568. The summed E-state index contributed by atoms with van der Waals surface area (Å²) < 4.78 is 180. The second-order valence-electron chi connectivity index (χ2n) is 30.9. The van der Waals surface area contributed by atoms with E-state index in [1.807, 2.05) is 0 Å². The molecular weight excluding hydrogens is 1820 g/mol. The molecule has 654 valence electrons. The van der Waals surface area contributed by atoms with Crippen LogP contribution in [0.1, 0.15) is 128 Å². The molecule has 0 amide bonds. The van der Waals surface area contributed by atoms with E-state index in [0.29, 0.717) is 69.5 Å². The Morgan fingerprint density at radius 1 is 0.421 bits per heavy atom. The van der Waals surface area contributed by atoms with E-state index in [9.17, 15) is 103 Å². The van der Waals surface area contributed by atoms with Crippen LogP contribution in [0.5, 0.6) is 0 Å². The Labute approximate surface area is 784 Å². The van der Waals surface area contributed by atoms with Crippen molar-refractivity contribution in [2.45, 2.75) is 191 Å². The maximum Gasteiger partial charge on any atom is 1.00 e. The van der Waals surface area contributed by atoms with Crippen LogP contribution in [-0.2, 0) is 124 Å². The first-order valence-electron chi connectivity index (χ1n) is 36.4. The predicted octanol–water partition coefficient (Wildman–Crippen LogP) is -1.84. The Kier molecular flexibility index (Phi) is 42.2. The van der Waals surface area contributed by atoms with Gasteiger partial charge in [0.1, 0.15) is 88.6 Å². The average Bonchev–Trinajstić information content (AvgIpc) is 0.753. The maximum atomic E-state index is 13.4. The molecule has 121 heavy (non-hydrogen) atoms. The van der Waals surface area contributed by atoms with E-state index in [1.54, 1.807) is 0 Å². The van der Waals surface area contributed by atoms with Gasteiger partial charge in [-0.25, -0.2) is 19.2 Å². The number of Topliss-reactive ketones (excluding diaryl/α,β-unsaturated/α-hetero) is 4. The molecule has 0 heterocycles. The smallest absolute Gasteiger partial charge is 1.00 e. The molecule has 0 aromatic heterocycles. The number of halogens is 9. The number of carbonyl (C=O) groups excluding carboxylic acids is 7. The second-order valence-corrected chi connectivity index (χ2v) is 39.2. The van der Waals surface area contributed by atoms with Crippen LogP contribution in [0.15, 0.2) is 141 Å². The summed E-state index contributed by atoms with van der Waals surface area (Å²) in [6.07, 6.45) is 17.1. The minimum atomic E-state index is -4.67. The van der Waals surface area contributed by atoms with Crippen LogP contribution in [0.25, 0.3) is 0 Å². The Balaban J connectivity index is 0.000000251. The number of hydrogen-bond donors (Lipinski definition) is 4. The summed E-state index contributed by atoms with van der Waals surface area (Å²) >= 11 is -5.97. The number of esters is 3. The van der Waals surface area contributed by atoms with Gasteiger partial charge in [-0.1, -0.05) is 72.8 Å². The molecule has 4 aromatic rings. The summed E-state index contributed by atoms with van der Waals surface area (Å²) in [5.74, 6) is -6.29. The molecule has 0 aliphatic heterocycles. The molecule has 4 aromatic carbocycles. The molecule has 0 radical (unpaired) electrons. The second kappa shape index (κ2) is 46.8. The molecule has 16 saturated carbocycles. The van der Waals surface area contributed by atoms with E-state index >= 15 is 0 Å². The zero-order valence-electron chi connectivity index (χ0n) is 65.5.